The first-order valence-corrected chi connectivity index (χ1v) is 8.44. The average molecular weight is 383 g/mol. The van der Waals surface area contributed by atoms with Crippen LogP contribution in [0.3, 0.4) is 0 Å². The van der Waals surface area contributed by atoms with Crippen LogP contribution in [-0.2, 0) is 25.8 Å². The first kappa shape index (κ1) is 20.9. The molecule has 0 atom stereocenters. The van der Waals surface area contributed by atoms with Crippen molar-refractivity contribution in [2.24, 2.45) is 0 Å². The lowest BCUT2D eigenvalue weighted by molar-refractivity contribution is -0.385. The SMILES string of the molecule is CC(C)(C)OC(=O)CCc1cc([N+](=O)[O-])ccc1S(=O)(=O)C(F)(F)F. The molecule has 0 aliphatic heterocycles. The fraction of sp³-hybridized carbons (Fsp3) is 0.500. The fourth-order valence-corrected chi connectivity index (χ4v) is 2.89. The smallest absolute Gasteiger partial charge is 0.460 e. The number of halogens is 3. The van der Waals surface area contributed by atoms with Gasteiger partial charge in [-0.05, 0) is 38.8 Å². The summed E-state index contributed by atoms with van der Waals surface area (Å²) in [5.41, 5.74) is -7.46. The molecule has 0 aliphatic carbocycles. The number of nitro groups is 1. The lowest BCUT2D eigenvalue weighted by Crippen LogP contribution is -2.25. The van der Waals surface area contributed by atoms with Gasteiger partial charge in [0.1, 0.15) is 5.60 Å². The Kier molecular flexibility index (Phi) is 5.83. The summed E-state index contributed by atoms with van der Waals surface area (Å²) in [6, 6.07) is 1.89. The van der Waals surface area contributed by atoms with Crippen molar-refractivity contribution < 1.29 is 36.0 Å². The Morgan fingerprint density at radius 3 is 2.24 bits per heavy atom. The van der Waals surface area contributed by atoms with Crippen LogP contribution in [0.15, 0.2) is 23.1 Å². The lowest BCUT2D eigenvalue weighted by atomic mass is 10.1. The molecule has 0 spiro atoms. The molecule has 0 N–H and O–H groups in total. The van der Waals surface area contributed by atoms with Gasteiger partial charge in [0.05, 0.1) is 9.82 Å². The molecule has 0 radical (unpaired) electrons. The number of non-ortho nitro benzene ring substituents is 1. The number of aryl methyl sites for hydroxylation is 1. The zero-order valence-electron chi connectivity index (χ0n) is 13.6. The van der Waals surface area contributed by atoms with E-state index in [4.69, 9.17) is 4.74 Å². The number of ether oxygens (including phenoxy) is 1. The van der Waals surface area contributed by atoms with Gasteiger partial charge in [-0.2, -0.15) is 13.2 Å². The molecule has 140 valence electrons. The van der Waals surface area contributed by atoms with Crippen molar-refractivity contribution in [1.29, 1.82) is 0 Å². The van der Waals surface area contributed by atoms with Crippen molar-refractivity contribution in [2.75, 3.05) is 0 Å². The second-order valence-corrected chi connectivity index (χ2v) is 7.99. The molecule has 7 nitrogen and oxygen atoms in total. The molecule has 1 aromatic carbocycles. The summed E-state index contributed by atoms with van der Waals surface area (Å²) >= 11 is 0. The van der Waals surface area contributed by atoms with Crippen molar-refractivity contribution in [2.45, 2.75) is 49.6 Å². The molecular weight excluding hydrogens is 367 g/mol. The largest absolute Gasteiger partial charge is 0.501 e. The normalized spacial score (nSPS) is 12.7. The van der Waals surface area contributed by atoms with Gasteiger partial charge in [-0.1, -0.05) is 0 Å². The molecule has 0 aromatic heterocycles. The average Bonchev–Trinajstić information content (AvgIpc) is 2.41. The number of hydrogen-bond acceptors (Lipinski definition) is 6. The molecule has 11 heteroatoms. The van der Waals surface area contributed by atoms with Crippen molar-refractivity contribution in [3.63, 3.8) is 0 Å². The van der Waals surface area contributed by atoms with Crippen LogP contribution in [0.25, 0.3) is 0 Å². The Balaban J connectivity index is 3.25. The second kappa shape index (κ2) is 6.98. The summed E-state index contributed by atoms with van der Waals surface area (Å²) in [5.74, 6) is -0.769. The summed E-state index contributed by atoms with van der Waals surface area (Å²) in [7, 11) is -5.71. The van der Waals surface area contributed by atoms with E-state index in [1.807, 2.05) is 0 Å². The van der Waals surface area contributed by atoms with Gasteiger partial charge in [-0.3, -0.25) is 14.9 Å². The molecule has 1 rings (SSSR count). The van der Waals surface area contributed by atoms with Crippen molar-refractivity contribution >= 4 is 21.5 Å². The highest BCUT2D eigenvalue weighted by Crippen LogP contribution is 2.34. The topological polar surface area (TPSA) is 104 Å². The highest BCUT2D eigenvalue weighted by Gasteiger charge is 2.48. The number of hydrogen-bond donors (Lipinski definition) is 0. The Labute approximate surface area is 141 Å². The number of nitro benzene ring substituents is 1. The predicted octanol–water partition coefficient (Wildman–Crippen LogP) is 3.16. The minimum Gasteiger partial charge on any atom is -0.460 e. The van der Waals surface area contributed by atoms with Gasteiger partial charge in [0.25, 0.3) is 15.5 Å². The second-order valence-electron chi connectivity index (χ2n) is 6.08. The number of esters is 1. The van der Waals surface area contributed by atoms with Gasteiger partial charge >= 0.3 is 11.5 Å². The highest BCUT2D eigenvalue weighted by molar-refractivity contribution is 7.92. The Morgan fingerprint density at radius 1 is 1.24 bits per heavy atom. The molecule has 1 aromatic rings. The first-order chi connectivity index (χ1) is 11.1. The van der Waals surface area contributed by atoms with Crippen LogP contribution in [0, 0.1) is 10.1 Å². The third kappa shape index (κ3) is 5.41. The molecule has 0 aliphatic rings. The molecular formula is C14H16F3NO6S. The summed E-state index contributed by atoms with van der Waals surface area (Å²) in [6.07, 6.45) is -0.889. The molecule has 0 fully saturated rings. The summed E-state index contributed by atoms with van der Waals surface area (Å²) in [5, 5.41) is 10.8. The number of benzene rings is 1. The van der Waals surface area contributed by atoms with Crippen LogP contribution in [0.1, 0.15) is 32.8 Å². The molecule has 0 heterocycles. The van der Waals surface area contributed by atoms with Gasteiger partial charge < -0.3 is 4.74 Å². The molecule has 0 bridgehead atoms. The van der Waals surface area contributed by atoms with E-state index in [0.717, 1.165) is 0 Å². The summed E-state index contributed by atoms with van der Waals surface area (Å²) in [4.78, 5) is 20.5. The van der Waals surface area contributed by atoms with Crippen molar-refractivity contribution in [3.05, 3.63) is 33.9 Å². The van der Waals surface area contributed by atoms with Gasteiger partial charge in [-0.25, -0.2) is 8.42 Å². The maximum absolute atomic E-state index is 12.8. The van der Waals surface area contributed by atoms with E-state index in [9.17, 15) is 36.5 Å². The number of rotatable bonds is 5. The number of carbonyl (C=O) groups excluding carboxylic acids is 1. The van der Waals surface area contributed by atoms with Crippen LogP contribution >= 0.6 is 0 Å². The standard InChI is InChI=1S/C14H16F3NO6S/c1-13(2,3)24-12(19)7-4-9-8-10(18(20)21)5-6-11(9)25(22,23)14(15,16)17/h5-6,8H,4,7H2,1-3H3. The van der Waals surface area contributed by atoms with E-state index in [0.29, 0.717) is 18.2 Å². The maximum atomic E-state index is 12.8. The van der Waals surface area contributed by atoms with Gasteiger partial charge in [0.15, 0.2) is 0 Å². The van der Waals surface area contributed by atoms with E-state index in [2.05, 4.69) is 0 Å². The van der Waals surface area contributed by atoms with E-state index in [-0.39, 0.29) is 0 Å². The van der Waals surface area contributed by atoms with Crippen LogP contribution in [-0.4, -0.2) is 30.4 Å². The van der Waals surface area contributed by atoms with Crippen molar-refractivity contribution in [3.8, 4) is 0 Å². The summed E-state index contributed by atoms with van der Waals surface area (Å²) < 4.78 is 66.5. The molecule has 25 heavy (non-hydrogen) atoms. The number of nitrogens with zero attached hydrogens (tertiary/aromatic N) is 1. The minimum atomic E-state index is -5.71. The molecule has 0 saturated heterocycles. The predicted molar refractivity (Wildman–Crippen MR) is 80.5 cm³/mol. The fourth-order valence-electron chi connectivity index (χ4n) is 1.89. The van der Waals surface area contributed by atoms with Crippen LogP contribution < -0.4 is 0 Å². The van der Waals surface area contributed by atoms with Gasteiger partial charge in [0, 0.05) is 18.6 Å². The number of sulfone groups is 1. The molecule has 0 unspecified atom stereocenters. The summed E-state index contributed by atoms with van der Waals surface area (Å²) in [6.45, 7) is 4.74. The maximum Gasteiger partial charge on any atom is 0.501 e. The van der Waals surface area contributed by atoms with E-state index < -0.39 is 60.8 Å². The Bertz CT molecular complexity index is 781. The first-order valence-electron chi connectivity index (χ1n) is 6.95. The van der Waals surface area contributed by atoms with E-state index in [1.54, 1.807) is 20.8 Å². The zero-order valence-corrected chi connectivity index (χ0v) is 14.4. The lowest BCUT2D eigenvalue weighted by Gasteiger charge is -2.19. The number of alkyl halides is 3. The van der Waals surface area contributed by atoms with Crippen LogP contribution in [0.4, 0.5) is 18.9 Å². The quantitative estimate of drug-likeness (QED) is 0.439. The van der Waals surface area contributed by atoms with Gasteiger partial charge in [0.2, 0.25) is 0 Å². The van der Waals surface area contributed by atoms with E-state index >= 15 is 0 Å². The Morgan fingerprint density at radius 2 is 1.80 bits per heavy atom. The Hall–Kier alpha value is -2.17. The third-order valence-corrected chi connectivity index (χ3v) is 4.45. The van der Waals surface area contributed by atoms with Crippen LogP contribution in [0.2, 0.25) is 0 Å². The zero-order chi connectivity index (χ0) is 19.6. The minimum absolute atomic E-state index is 0.432. The highest BCUT2D eigenvalue weighted by atomic mass is 32.2. The van der Waals surface area contributed by atoms with Crippen molar-refractivity contribution in [1.82, 2.24) is 0 Å². The van der Waals surface area contributed by atoms with Gasteiger partial charge in [-0.15, -0.1) is 0 Å². The number of carbonyl (C=O) groups is 1. The molecule has 0 amide bonds. The van der Waals surface area contributed by atoms with Crippen LogP contribution in [0.5, 0.6) is 0 Å². The third-order valence-electron chi connectivity index (χ3n) is 2.87. The molecule has 0 saturated carbocycles. The monoisotopic (exact) mass is 383 g/mol. The van der Waals surface area contributed by atoms with E-state index in [1.165, 1.54) is 0 Å².